The van der Waals surface area contributed by atoms with Crippen molar-refractivity contribution < 1.29 is 14.3 Å². The second-order valence-electron chi connectivity index (χ2n) is 8.74. The summed E-state index contributed by atoms with van der Waals surface area (Å²) in [5.74, 6) is 0.708. The van der Waals surface area contributed by atoms with Gasteiger partial charge in [0, 0.05) is 25.6 Å². The number of amides is 1. The Morgan fingerprint density at radius 3 is 2.80 bits per heavy atom. The largest absolute Gasteiger partial charge is 0.452 e. The van der Waals surface area contributed by atoms with Crippen LogP contribution < -0.4 is 5.56 Å². The minimum Gasteiger partial charge on any atom is -0.452 e. The quantitative estimate of drug-likeness (QED) is 0.728. The summed E-state index contributed by atoms with van der Waals surface area (Å²) in [5.41, 5.74) is 0.768. The van der Waals surface area contributed by atoms with Gasteiger partial charge in [0.15, 0.2) is 6.61 Å². The third-order valence-electron chi connectivity index (χ3n) is 6.94. The van der Waals surface area contributed by atoms with Crippen LogP contribution in [0.5, 0.6) is 0 Å². The average molecular weight is 409 g/mol. The highest BCUT2D eigenvalue weighted by atomic mass is 16.5. The number of rotatable bonds is 3. The molecule has 1 aliphatic carbocycles. The van der Waals surface area contributed by atoms with Crippen LogP contribution in [-0.4, -0.2) is 45.5 Å². The Balaban J connectivity index is 1.28. The Bertz CT molecular complexity index is 1060. The van der Waals surface area contributed by atoms with Crippen LogP contribution in [0.2, 0.25) is 0 Å². The monoisotopic (exact) mass is 409 g/mol. The lowest BCUT2D eigenvalue weighted by Crippen LogP contribution is -2.50. The topological polar surface area (TPSA) is 81.5 Å². The van der Waals surface area contributed by atoms with Crippen LogP contribution in [0, 0.1) is 5.92 Å². The lowest BCUT2D eigenvalue weighted by Gasteiger charge is -2.44. The van der Waals surface area contributed by atoms with Crippen molar-refractivity contribution >= 4 is 22.8 Å². The van der Waals surface area contributed by atoms with Gasteiger partial charge in [-0.15, -0.1) is 0 Å². The summed E-state index contributed by atoms with van der Waals surface area (Å²) in [6.07, 6.45) is 8.57. The Kier molecular flexibility index (Phi) is 5.05. The average Bonchev–Trinajstić information content (AvgIpc) is 3.25. The van der Waals surface area contributed by atoms with Gasteiger partial charge in [0.25, 0.3) is 11.5 Å². The summed E-state index contributed by atoms with van der Waals surface area (Å²) in [6.45, 7) is 1.22. The second kappa shape index (κ2) is 7.85. The number of esters is 1. The third kappa shape index (κ3) is 3.40. The molecule has 1 aromatic carbocycles. The zero-order valence-corrected chi connectivity index (χ0v) is 17.1. The molecule has 158 valence electrons. The molecule has 2 atom stereocenters. The van der Waals surface area contributed by atoms with Gasteiger partial charge in [0.05, 0.1) is 16.5 Å². The van der Waals surface area contributed by atoms with Gasteiger partial charge in [0.2, 0.25) is 0 Å². The number of nitrogens with zero attached hydrogens (tertiary/aromatic N) is 3. The first-order chi connectivity index (χ1) is 14.6. The maximum Gasteiger partial charge on any atom is 0.338 e. The number of likely N-dealkylation sites (tertiary alicyclic amines) is 1. The maximum absolute atomic E-state index is 12.8. The molecule has 2 fully saturated rings. The van der Waals surface area contributed by atoms with Gasteiger partial charge in [-0.25, -0.2) is 9.78 Å². The van der Waals surface area contributed by atoms with E-state index in [1.807, 2.05) is 4.90 Å². The van der Waals surface area contributed by atoms with Gasteiger partial charge >= 0.3 is 5.97 Å². The van der Waals surface area contributed by atoms with Crippen LogP contribution in [0.15, 0.2) is 23.0 Å². The molecule has 2 aromatic rings. The minimum atomic E-state index is -0.551. The van der Waals surface area contributed by atoms with Crippen LogP contribution >= 0.6 is 0 Å². The van der Waals surface area contributed by atoms with E-state index in [1.165, 1.54) is 25.7 Å². The molecule has 0 spiro atoms. The Hall–Kier alpha value is -2.70. The van der Waals surface area contributed by atoms with Crippen LogP contribution in [0.4, 0.5) is 0 Å². The van der Waals surface area contributed by atoms with Gasteiger partial charge < -0.3 is 9.64 Å². The molecular weight excluding hydrogens is 382 g/mol. The molecule has 1 aromatic heterocycles. The minimum absolute atomic E-state index is 0.0604. The maximum atomic E-state index is 12.8. The summed E-state index contributed by atoms with van der Waals surface area (Å²) < 4.78 is 7.06. The Morgan fingerprint density at radius 2 is 1.90 bits per heavy atom. The molecule has 7 heteroatoms. The molecule has 30 heavy (non-hydrogen) atoms. The summed E-state index contributed by atoms with van der Waals surface area (Å²) in [4.78, 5) is 44.4. The molecule has 0 unspecified atom stereocenters. The highest BCUT2D eigenvalue weighted by molar-refractivity contribution is 5.95. The van der Waals surface area contributed by atoms with Crippen molar-refractivity contribution in [3.8, 4) is 0 Å². The lowest BCUT2D eigenvalue weighted by atomic mass is 9.78. The van der Waals surface area contributed by atoms with Gasteiger partial charge in [-0.2, -0.15) is 0 Å². The van der Waals surface area contributed by atoms with Crippen LogP contribution in [0.3, 0.4) is 0 Å². The molecule has 2 aliphatic heterocycles. The van der Waals surface area contributed by atoms with Crippen molar-refractivity contribution in [3.63, 3.8) is 0 Å². The predicted octanol–water partition coefficient (Wildman–Crippen LogP) is 2.68. The van der Waals surface area contributed by atoms with E-state index in [1.54, 1.807) is 22.8 Å². The number of fused-ring (bicyclic) bond motifs is 3. The number of aryl methyl sites for hydroxylation is 1. The number of carbonyl (C=O) groups is 2. The third-order valence-corrected chi connectivity index (χ3v) is 6.94. The van der Waals surface area contributed by atoms with E-state index in [0.29, 0.717) is 35.0 Å². The van der Waals surface area contributed by atoms with Crippen LogP contribution in [0.25, 0.3) is 10.9 Å². The molecule has 0 radical (unpaired) electrons. The fourth-order valence-corrected chi connectivity index (χ4v) is 5.44. The van der Waals surface area contributed by atoms with E-state index < -0.39 is 5.97 Å². The zero-order chi connectivity index (χ0) is 20.7. The van der Waals surface area contributed by atoms with E-state index in [2.05, 4.69) is 4.98 Å². The molecule has 0 bridgehead atoms. The van der Waals surface area contributed by atoms with Crippen LogP contribution in [0.1, 0.15) is 61.1 Å². The van der Waals surface area contributed by atoms with Gasteiger partial charge in [-0.3, -0.25) is 14.2 Å². The molecule has 1 amide bonds. The van der Waals surface area contributed by atoms with Crippen molar-refractivity contribution in [2.75, 3.05) is 13.2 Å². The van der Waals surface area contributed by atoms with Gasteiger partial charge in [-0.05, 0) is 56.2 Å². The SMILES string of the molecule is O=C(OCC(=O)N1CCC[C@@H]2CCCC[C@@H]21)c1ccc2c(=O)n3c(nc2c1)CCC3. The molecule has 1 saturated heterocycles. The van der Waals surface area contributed by atoms with E-state index in [0.717, 1.165) is 38.1 Å². The highest BCUT2D eigenvalue weighted by Gasteiger charge is 2.35. The van der Waals surface area contributed by atoms with Crippen LogP contribution in [-0.2, 0) is 22.5 Å². The van der Waals surface area contributed by atoms with Gasteiger partial charge in [0.1, 0.15) is 5.82 Å². The highest BCUT2D eigenvalue weighted by Crippen LogP contribution is 2.35. The normalized spacial score (nSPS) is 23.1. The zero-order valence-electron chi connectivity index (χ0n) is 17.1. The Morgan fingerprint density at radius 1 is 1.07 bits per heavy atom. The molecule has 7 nitrogen and oxygen atoms in total. The standard InChI is InChI=1S/C23H27N3O4/c27-21(25-11-3-6-15-5-1-2-7-19(15)25)14-30-23(29)16-9-10-17-18(13-16)24-20-8-4-12-26(20)22(17)28/h9-10,13,15,19H,1-8,11-12,14H2/t15-,19-/m0/s1. The first kappa shape index (κ1) is 19.3. The first-order valence-corrected chi connectivity index (χ1v) is 11.1. The van der Waals surface area contributed by atoms with E-state index >= 15 is 0 Å². The van der Waals surface area contributed by atoms with Crippen molar-refractivity contribution in [1.82, 2.24) is 14.5 Å². The predicted molar refractivity (Wildman–Crippen MR) is 111 cm³/mol. The number of carbonyl (C=O) groups excluding carboxylic acids is 2. The second-order valence-corrected chi connectivity index (χ2v) is 8.74. The fraction of sp³-hybridized carbons (Fsp3) is 0.565. The molecule has 1 saturated carbocycles. The van der Waals surface area contributed by atoms with E-state index in [4.69, 9.17) is 4.74 Å². The van der Waals surface area contributed by atoms with Crippen molar-refractivity contribution in [3.05, 3.63) is 39.9 Å². The number of hydrogen-bond donors (Lipinski definition) is 0. The summed E-state index contributed by atoms with van der Waals surface area (Å²) in [5, 5.41) is 0.505. The van der Waals surface area contributed by atoms with Crippen molar-refractivity contribution in [2.45, 2.75) is 64.0 Å². The fourth-order valence-electron chi connectivity index (χ4n) is 5.44. The smallest absolute Gasteiger partial charge is 0.338 e. The number of piperidine rings is 1. The number of aromatic nitrogens is 2. The summed E-state index contributed by atoms with van der Waals surface area (Å²) in [6, 6.07) is 5.11. The molecule has 5 rings (SSSR count). The number of benzene rings is 1. The summed E-state index contributed by atoms with van der Waals surface area (Å²) in [7, 11) is 0. The molecule has 3 aliphatic rings. The lowest BCUT2D eigenvalue weighted by molar-refractivity contribution is -0.140. The molecule has 0 N–H and O–H groups in total. The molecule has 3 heterocycles. The first-order valence-electron chi connectivity index (χ1n) is 11.1. The number of hydrogen-bond acceptors (Lipinski definition) is 5. The van der Waals surface area contributed by atoms with Crippen molar-refractivity contribution in [2.24, 2.45) is 5.92 Å². The van der Waals surface area contributed by atoms with E-state index in [9.17, 15) is 14.4 Å². The summed E-state index contributed by atoms with van der Waals surface area (Å²) >= 11 is 0. The molecular formula is C23H27N3O4. The van der Waals surface area contributed by atoms with E-state index in [-0.39, 0.29) is 18.1 Å². The van der Waals surface area contributed by atoms with Crippen molar-refractivity contribution in [1.29, 1.82) is 0 Å². The van der Waals surface area contributed by atoms with Gasteiger partial charge in [-0.1, -0.05) is 12.8 Å². The number of ether oxygens (including phenoxy) is 1. The Labute approximate surface area is 175 Å².